The van der Waals surface area contributed by atoms with E-state index in [1.165, 1.54) is 12.0 Å². The van der Waals surface area contributed by atoms with Crippen LogP contribution in [0.4, 0.5) is 0 Å². The van der Waals surface area contributed by atoms with E-state index in [0.29, 0.717) is 18.9 Å². The maximum atomic E-state index is 5.49. The molecule has 0 saturated carbocycles. The van der Waals surface area contributed by atoms with Crippen molar-refractivity contribution in [2.45, 2.75) is 31.8 Å². The van der Waals surface area contributed by atoms with Crippen molar-refractivity contribution in [3.8, 4) is 11.5 Å². The molecule has 3 rings (SSSR count). The first kappa shape index (κ1) is 11.8. The molecule has 1 aromatic rings. The zero-order valence-electron chi connectivity index (χ0n) is 10.6. The summed E-state index contributed by atoms with van der Waals surface area (Å²) >= 11 is 0. The molecule has 2 atom stereocenters. The van der Waals surface area contributed by atoms with Crippen LogP contribution in [0.5, 0.6) is 11.5 Å². The van der Waals surface area contributed by atoms with Gasteiger partial charge in [-0.2, -0.15) is 0 Å². The summed E-state index contributed by atoms with van der Waals surface area (Å²) in [5.41, 5.74) is 1.23. The molecule has 0 spiro atoms. The monoisotopic (exact) mass is 249 g/mol. The fraction of sp³-hybridized carbons (Fsp3) is 0.571. The number of rotatable bonds is 3. The van der Waals surface area contributed by atoms with Crippen molar-refractivity contribution in [1.82, 2.24) is 5.32 Å². The van der Waals surface area contributed by atoms with Crippen molar-refractivity contribution in [3.05, 3.63) is 23.8 Å². The number of nitrogens with one attached hydrogen (secondary N) is 1. The quantitative estimate of drug-likeness (QED) is 0.892. The smallest absolute Gasteiger partial charge is 0.231 e. The van der Waals surface area contributed by atoms with Gasteiger partial charge in [0.1, 0.15) is 0 Å². The largest absolute Gasteiger partial charge is 0.454 e. The van der Waals surface area contributed by atoms with Gasteiger partial charge in [0, 0.05) is 18.7 Å². The standard InChI is InChI=1S/C14H19NO3/c1-10(15-12-3-2-6-16-8-12)11-4-5-13-14(7-11)18-9-17-13/h4-5,7,10,12,15H,2-3,6,8-9H2,1H3. The molecule has 2 heterocycles. The van der Waals surface area contributed by atoms with E-state index in [1.54, 1.807) is 0 Å². The van der Waals surface area contributed by atoms with Crippen LogP contribution in [0.1, 0.15) is 31.4 Å². The predicted molar refractivity (Wildman–Crippen MR) is 68.0 cm³/mol. The van der Waals surface area contributed by atoms with Crippen LogP contribution >= 0.6 is 0 Å². The lowest BCUT2D eigenvalue weighted by atomic mass is 10.0. The fourth-order valence-electron chi connectivity index (χ4n) is 2.50. The van der Waals surface area contributed by atoms with Gasteiger partial charge in [-0.25, -0.2) is 0 Å². The highest BCUT2D eigenvalue weighted by Gasteiger charge is 2.19. The molecule has 98 valence electrons. The van der Waals surface area contributed by atoms with Crippen molar-refractivity contribution >= 4 is 0 Å². The van der Waals surface area contributed by atoms with Gasteiger partial charge in [0.05, 0.1) is 6.61 Å². The maximum absolute atomic E-state index is 5.49. The molecule has 1 N–H and O–H groups in total. The summed E-state index contributed by atoms with van der Waals surface area (Å²) in [5.74, 6) is 1.69. The number of hydrogen-bond acceptors (Lipinski definition) is 4. The number of hydrogen-bond donors (Lipinski definition) is 1. The Hall–Kier alpha value is -1.26. The molecule has 2 unspecified atom stereocenters. The molecule has 2 aliphatic rings. The van der Waals surface area contributed by atoms with E-state index in [2.05, 4.69) is 24.4 Å². The van der Waals surface area contributed by atoms with Gasteiger partial charge < -0.3 is 19.5 Å². The zero-order valence-corrected chi connectivity index (χ0v) is 10.6. The third-order valence-corrected chi connectivity index (χ3v) is 3.54. The number of ether oxygens (including phenoxy) is 3. The molecule has 1 fully saturated rings. The Balaban J connectivity index is 1.66. The van der Waals surface area contributed by atoms with E-state index < -0.39 is 0 Å². The Labute approximate surface area is 107 Å². The number of benzene rings is 1. The second kappa shape index (κ2) is 5.16. The van der Waals surface area contributed by atoms with Crippen LogP contribution < -0.4 is 14.8 Å². The van der Waals surface area contributed by atoms with Crippen molar-refractivity contribution in [2.24, 2.45) is 0 Å². The molecule has 18 heavy (non-hydrogen) atoms. The van der Waals surface area contributed by atoms with E-state index in [0.717, 1.165) is 31.1 Å². The second-order valence-electron chi connectivity index (χ2n) is 4.92. The van der Waals surface area contributed by atoms with E-state index in [1.807, 2.05) is 6.07 Å². The fourth-order valence-corrected chi connectivity index (χ4v) is 2.50. The first-order valence-electron chi connectivity index (χ1n) is 6.56. The molecule has 4 heteroatoms. The van der Waals surface area contributed by atoms with Gasteiger partial charge in [0.15, 0.2) is 11.5 Å². The average Bonchev–Trinajstić information content (AvgIpc) is 2.87. The molecular weight excluding hydrogens is 230 g/mol. The van der Waals surface area contributed by atoms with Crippen LogP contribution in [0, 0.1) is 0 Å². The van der Waals surface area contributed by atoms with E-state index in [4.69, 9.17) is 14.2 Å². The highest BCUT2D eigenvalue weighted by molar-refractivity contribution is 5.45. The van der Waals surface area contributed by atoms with Crippen LogP contribution in [-0.2, 0) is 4.74 Å². The SMILES string of the molecule is CC(NC1CCCOC1)c1ccc2c(c1)OCO2. The Morgan fingerprint density at radius 3 is 3.00 bits per heavy atom. The molecule has 1 saturated heterocycles. The van der Waals surface area contributed by atoms with Gasteiger partial charge in [-0.3, -0.25) is 0 Å². The van der Waals surface area contributed by atoms with Gasteiger partial charge in [-0.05, 0) is 37.5 Å². The summed E-state index contributed by atoms with van der Waals surface area (Å²) in [6.07, 6.45) is 2.33. The molecule has 0 amide bonds. The van der Waals surface area contributed by atoms with Crippen LogP contribution in [0.15, 0.2) is 18.2 Å². The van der Waals surface area contributed by atoms with E-state index in [-0.39, 0.29) is 0 Å². The summed E-state index contributed by atoms with van der Waals surface area (Å²) in [5, 5.41) is 3.60. The molecule has 0 radical (unpaired) electrons. The normalized spacial score (nSPS) is 23.9. The lowest BCUT2D eigenvalue weighted by Crippen LogP contribution is -2.38. The van der Waals surface area contributed by atoms with Gasteiger partial charge in [0.2, 0.25) is 6.79 Å². The first-order chi connectivity index (χ1) is 8.83. The van der Waals surface area contributed by atoms with Crippen LogP contribution in [0.25, 0.3) is 0 Å². The minimum absolute atomic E-state index is 0.297. The topological polar surface area (TPSA) is 39.7 Å². The van der Waals surface area contributed by atoms with Gasteiger partial charge in [-0.15, -0.1) is 0 Å². The molecule has 0 aromatic heterocycles. The van der Waals surface area contributed by atoms with Crippen molar-refractivity contribution in [3.63, 3.8) is 0 Å². The van der Waals surface area contributed by atoms with Gasteiger partial charge >= 0.3 is 0 Å². The Bertz CT molecular complexity index is 416. The highest BCUT2D eigenvalue weighted by atomic mass is 16.7. The third kappa shape index (κ3) is 2.44. The number of fused-ring (bicyclic) bond motifs is 1. The van der Waals surface area contributed by atoms with Gasteiger partial charge in [-0.1, -0.05) is 6.07 Å². The van der Waals surface area contributed by atoms with Crippen molar-refractivity contribution < 1.29 is 14.2 Å². The summed E-state index contributed by atoms with van der Waals surface area (Å²) in [7, 11) is 0. The van der Waals surface area contributed by atoms with E-state index >= 15 is 0 Å². The molecule has 0 aliphatic carbocycles. The van der Waals surface area contributed by atoms with Crippen LogP contribution in [0.2, 0.25) is 0 Å². The van der Waals surface area contributed by atoms with E-state index in [9.17, 15) is 0 Å². The summed E-state index contributed by atoms with van der Waals surface area (Å²) in [4.78, 5) is 0. The zero-order chi connectivity index (χ0) is 12.4. The Morgan fingerprint density at radius 2 is 2.17 bits per heavy atom. The predicted octanol–water partition coefficient (Wildman–Crippen LogP) is 2.24. The average molecular weight is 249 g/mol. The van der Waals surface area contributed by atoms with Crippen LogP contribution in [-0.4, -0.2) is 26.0 Å². The lowest BCUT2D eigenvalue weighted by molar-refractivity contribution is 0.0671. The summed E-state index contributed by atoms with van der Waals surface area (Å²) in [6.45, 7) is 4.22. The minimum Gasteiger partial charge on any atom is -0.454 e. The molecule has 2 aliphatic heterocycles. The minimum atomic E-state index is 0.297. The Morgan fingerprint density at radius 1 is 1.28 bits per heavy atom. The van der Waals surface area contributed by atoms with Crippen LogP contribution in [0.3, 0.4) is 0 Å². The molecule has 1 aromatic carbocycles. The lowest BCUT2D eigenvalue weighted by Gasteiger charge is -2.27. The highest BCUT2D eigenvalue weighted by Crippen LogP contribution is 2.34. The van der Waals surface area contributed by atoms with Crippen molar-refractivity contribution in [1.29, 1.82) is 0 Å². The molecule has 0 bridgehead atoms. The molecular formula is C14H19NO3. The maximum Gasteiger partial charge on any atom is 0.231 e. The summed E-state index contributed by atoms with van der Waals surface area (Å²) < 4.78 is 16.2. The first-order valence-corrected chi connectivity index (χ1v) is 6.56. The van der Waals surface area contributed by atoms with Crippen molar-refractivity contribution in [2.75, 3.05) is 20.0 Å². The Kier molecular flexibility index (Phi) is 3.39. The second-order valence-corrected chi connectivity index (χ2v) is 4.92. The summed E-state index contributed by atoms with van der Waals surface area (Å²) in [6, 6.07) is 6.89. The molecule has 4 nitrogen and oxygen atoms in total. The van der Waals surface area contributed by atoms with Gasteiger partial charge in [0.25, 0.3) is 0 Å². The third-order valence-electron chi connectivity index (χ3n) is 3.54.